The minimum Gasteiger partial charge on any atom is -0.361 e. The van der Waals surface area contributed by atoms with Gasteiger partial charge in [0.1, 0.15) is 5.76 Å². The molecule has 0 aliphatic carbocycles. The molecule has 1 N–H and O–H groups in total. The molecule has 0 aliphatic heterocycles. The molecule has 0 saturated carbocycles. The van der Waals surface area contributed by atoms with Crippen LogP contribution < -0.4 is 5.32 Å². The standard InChI is InChI=1S/C12H18N4O2/c1-5-10(12-7(2)15-17-8(12)3)13-6-11-14-9(4)16-18-11/h10,13H,5-6H2,1-4H3/t10-/m1/s1. The molecule has 2 rings (SSSR count). The lowest BCUT2D eigenvalue weighted by molar-refractivity contribution is 0.351. The fourth-order valence-electron chi connectivity index (χ4n) is 2.06. The minimum absolute atomic E-state index is 0.184. The van der Waals surface area contributed by atoms with Crippen molar-refractivity contribution >= 4 is 0 Å². The second-order valence-corrected chi connectivity index (χ2v) is 4.31. The van der Waals surface area contributed by atoms with Crippen LogP contribution in [-0.2, 0) is 6.54 Å². The maximum atomic E-state index is 5.19. The molecule has 0 saturated heterocycles. The highest BCUT2D eigenvalue weighted by atomic mass is 16.5. The first-order valence-corrected chi connectivity index (χ1v) is 6.07. The maximum absolute atomic E-state index is 5.19. The van der Waals surface area contributed by atoms with Crippen molar-refractivity contribution in [2.75, 3.05) is 0 Å². The molecule has 98 valence electrons. The first-order valence-electron chi connectivity index (χ1n) is 6.07. The molecule has 6 nitrogen and oxygen atoms in total. The molecule has 0 spiro atoms. The largest absolute Gasteiger partial charge is 0.361 e. The molecular formula is C12H18N4O2. The quantitative estimate of drug-likeness (QED) is 0.876. The van der Waals surface area contributed by atoms with Gasteiger partial charge in [-0.25, -0.2) is 0 Å². The summed E-state index contributed by atoms with van der Waals surface area (Å²) < 4.78 is 10.3. The Kier molecular flexibility index (Phi) is 3.76. The van der Waals surface area contributed by atoms with Crippen LogP contribution in [-0.4, -0.2) is 15.3 Å². The van der Waals surface area contributed by atoms with Crippen molar-refractivity contribution in [1.82, 2.24) is 20.6 Å². The van der Waals surface area contributed by atoms with E-state index in [0.29, 0.717) is 18.3 Å². The number of nitrogens with zero attached hydrogens (tertiary/aromatic N) is 3. The Morgan fingerprint density at radius 3 is 2.44 bits per heavy atom. The fraction of sp³-hybridized carbons (Fsp3) is 0.583. The van der Waals surface area contributed by atoms with Crippen LogP contribution >= 0.6 is 0 Å². The van der Waals surface area contributed by atoms with Gasteiger partial charge in [-0.15, -0.1) is 0 Å². The van der Waals surface area contributed by atoms with E-state index >= 15 is 0 Å². The summed E-state index contributed by atoms with van der Waals surface area (Å²) in [4.78, 5) is 4.16. The molecule has 0 unspecified atom stereocenters. The normalized spacial score (nSPS) is 12.9. The second-order valence-electron chi connectivity index (χ2n) is 4.31. The number of aromatic nitrogens is 3. The highest BCUT2D eigenvalue weighted by Crippen LogP contribution is 2.24. The van der Waals surface area contributed by atoms with Gasteiger partial charge in [0.15, 0.2) is 5.82 Å². The van der Waals surface area contributed by atoms with Crippen LogP contribution in [0, 0.1) is 20.8 Å². The van der Waals surface area contributed by atoms with Crippen molar-refractivity contribution in [3.8, 4) is 0 Å². The highest BCUT2D eigenvalue weighted by Gasteiger charge is 2.19. The van der Waals surface area contributed by atoms with Crippen molar-refractivity contribution in [2.45, 2.75) is 46.7 Å². The van der Waals surface area contributed by atoms with E-state index < -0.39 is 0 Å². The summed E-state index contributed by atoms with van der Waals surface area (Å²) in [5.41, 5.74) is 2.04. The molecule has 0 bridgehead atoms. The molecule has 1 atom stereocenters. The topological polar surface area (TPSA) is 77.0 Å². The van der Waals surface area contributed by atoms with E-state index in [2.05, 4.69) is 27.5 Å². The van der Waals surface area contributed by atoms with Crippen LogP contribution in [0.4, 0.5) is 0 Å². The zero-order valence-electron chi connectivity index (χ0n) is 11.1. The van der Waals surface area contributed by atoms with Gasteiger partial charge >= 0.3 is 0 Å². The Bertz CT molecular complexity index is 498. The average Bonchev–Trinajstić information content (AvgIpc) is 2.89. The van der Waals surface area contributed by atoms with Crippen LogP contribution in [0.5, 0.6) is 0 Å². The molecule has 0 aliphatic rings. The van der Waals surface area contributed by atoms with Gasteiger partial charge in [0.25, 0.3) is 0 Å². The van der Waals surface area contributed by atoms with Gasteiger partial charge in [-0.1, -0.05) is 17.2 Å². The third kappa shape index (κ3) is 2.59. The highest BCUT2D eigenvalue weighted by molar-refractivity contribution is 5.24. The molecule has 2 heterocycles. The van der Waals surface area contributed by atoms with Crippen LogP contribution in [0.25, 0.3) is 0 Å². The van der Waals surface area contributed by atoms with Crippen LogP contribution in [0.2, 0.25) is 0 Å². The summed E-state index contributed by atoms with van der Waals surface area (Å²) in [5.74, 6) is 2.10. The number of aryl methyl sites for hydroxylation is 3. The predicted molar refractivity (Wildman–Crippen MR) is 64.9 cm³/mol. The summed E-state index contributed by atoms with van der Waals surface area (Å²) in [6.45, 7) is 8.34. The van der Waals surface area contributed by atoms with Gasteiger partial charge in [0, 0.05) is 11.6 Å². The van der Waals surface area contributed by atoms with E-state index in [4.69, 9.17) is 9.05 Å². The average molecular weight is 250 g/mol. The molecule has 0 radical (unpaired) electrons. The van der Waals surface area contributed by atoms with Crippen molar-refractivity contribution < 1.29 is 9.05 Å². The lowest BCUT2D eigenvalue weighted by Gasteiger charge is -2.15. The van der Waals surface area contributed by atoms with E-state index in [1.165, 1.54) is 0 Å². The van der Waals surface area contributed by atoms with Gasteiger partial charge in [0.05, 0.1) is 12.2 Å². The van der Waals surface area contributed by atoms with Gasteiger partial charge < -0.3 is 14.4 Å². The monoisotopic (exact) mass is 250 g/mol. The second kappa shape index (κ2) is 5.30. The van der Waals surface area contributed by atoms with Crippen LogP contribution in [0.3, 0.4) is 0 Å². The number of hydrogen-bond donors (Lipinski definition) is 1. The Labute approximate surface area is 106 Å². The Hall–Kier alpha value is -1.69. The Morgan fingerprint density at radius 2 is 1.94 bits per heavy atom. The summed E-state index contributed by atoms with van der Waals surface area (Å²) in [6.07, 6.45) is 0.940. The lowest BCUT2D eigenvalue weighted by Crippen LogP contribution is -2.21. The molecule has 2 aromatic heterocycles. The zero-order chi connectivity index (χ0) is 13.1. The first kappa shape index (κ1) is 12.8. The minimum atomic E-state index is 0.184. The van der Waals surface area contributed by atoms with Gasteiger partial charge in [-0.2, -0.15) is 4.98 Å². The Balaban J connectivity index is 2.06. The van der Waals surface area contributed by atoms with Gasteiger partial charge in [-0.05, 0) is 27.2 Å². The smallest absolute Gasteiger partial charge is 0.240 e. The van der Waals surface area contributed by atoms with E-state index in [0.717, 1.165) is 23.4 Å². The van der Waals surface area contributed by atoms with Crippen molar-refractivity contribution in [3.63, 3.8) is 0 Å². The molecule has 0 aromatic carbocycles. The summed E-state index contributed by atoms with van der Waals surface area (Å²) in [7, 11) is 0. The summed E-state index contributed by atoms with van der Waals surface area (Å²) in [6, 6.07) is 0.184. The third-order valence-corrected chi connectivity index (χ3v) is 2.91. The fourth-order valence-corrected chi connectivity index (χ4v) is 2.06. The van der Waals surface area contributed by atoms with Crippen LogP contribution in [0.15, 0.2) is 9.05 Å². The maximum Gasteiger partial charge on any atom is 0.240 e. The molecule has 0 amide bonds. The van der Waals surface area contributed by atoms with Crippen molar-refractivity contribution in [2.24, 2.45) is 0 Å². The van der Waals surface area contributed by atoms with E-state index in [1.54, 1.807) is 6.92 Å². The lowest BCUT2D eigenvalue weighted by atomic mass is 10.0. The van der Waals surface area contributed by atoms with E-state index in [-0.39, 0.29) is 6.04 Å². The van der Waals surface area contributed by atoms with Gasteiger partial charge in [-0.3, -0.25) is 0 Å². The van der Waals surface area contributed by atoms with E-state index in [1.807, 2.05) is 13.8 Å². The molecule has 6 heteroatoms. The SMILES string of the molecule is CC[C@@H](NCc1nc(C)no1)c1c(C)noc1C. The summed E-state index contributed by atoms with van der Waals surface area (Å²) in [5, 5.41) is 11.1. The zero-order valence-corrected chi connectivity index (χ0v) is 11.1. The number of rotatable bonds is 5. The van der Waals surface area contributed by atoms with Crippen molar-refractivity contribution in [3.05, 3.63) is 28.7 Å². The molecule has 0 fully saturated rings. The summed E-state index contributed by atoms with van der Waals surface area (Å²) >= 11 is 0. The Morgan fingerprint density at radius 1 is 1.17 bits per heavy atom. The number of hydrogen-bond acceptors (Lipinski definition) is 6. The molecular weight excluding hydrogens is 232 g/mol. The van der Waals surface area contributed by atoms with Gasteiger partial charge in [0.2, 0.25) is 5.89 Å². The third-order valence-electron chi connectivity index (χ3n) is 2.91. The van der Waals surface area contributed by atoms with Crippen LogP contribution in [0.1, 0.15) is 48.1 Å². The van der Waals surface area contributed by atoms with E-state index in [9.17, 15) is 0 Å². The predicted octanol–water partition coefficient (Wildman–Crippen LogP) is 2.22. The molecule has 18 heavy (non-hydrogen) atoms. The molecule has 2 aromatic rings. The first-order chi connectivity index (χ1) is 8.61. The van der Waals surface area contributed by atoms with Crippen molar-refractivity contribution in [1.29, 1.82) is 0 Å². The number of nitrogens with one attached hydrogen (secondary N) is 1.